The van der Waals surface area contributed by atoms with Crippen molar-refractivity contribution >= 4 is 17.5 Å². The highest BCUT2D eigenvalue weighted by Crippen LogP contribution is 2.38. The molecule has 2 N–H and O–H groups in total. The summed E-state index contributed by atoms with van der Waals surface area (Å²) in [5.74, 6) is 1.10. The lowest BCUT2D eigenvalue weighted by atomic mass is 10.1. The van der Waals surface area contributed by atoms with E-state index < -0.39 is 0 Å². The van der Waals surface area contributed by atoms with Crippen LogP contribution >= 0.6 is 11.6 Å². The minimum Gasteiger partial charge on any atom is -0.486 e. The fraction of sp³-hybridized carbons (Fsp3) is 0.533. The molecule has 0 aliphatic carbocycles. The van der Waals surface area contributed by atoms with Crippen molar-refractivity contribution in [2.45, 2.75) is 6.42 Å². The third-order valence-electron chi connectivity index (χ3n) is 3.13. The first-order valence-electron chi connectivity index (χ1n) is 7.25. The van der Waals surface area contributed by atoms with Gasteiger partial charge in [-0.05, 0) is 17.7 Å². The Balaban J connectivity index is 1.78. The summed E-state index contributed by atoms with van der Waals surface area (Å²) in [7, 11) is 1.65. The molecular weight excluding hydrogens is 308 g/mol. The Morgan fingerprint density at radius 1 is 1.27 bits per heavy atom. The number of methoxy groups -OCH3 is 1. The van der Waals surface area contributed by atoms with Gasteiger partial charge < -0.3 is 24.8 Å². The zero-order valence-electron chi connectivity index (χ0n) is 12.6. The highest BCUT2D eigenvalue weighted by molar-refractivity contribution is 6.32. The Hall–Kier alpha value is -1.50. The van der Waals surface area contributed by atoms with Crippen molar-refractivity contribution in [3.05, 3.63) is 22.7 Å². The molecule has 6 nitrogen and oxygen atoms in total. The van der Waals surface area contributed by atoms with Crippen LogP contribution in [-0.2, 0) is 16.0 Å². The Bertz CT molecular complexity index is 511. The Morgan fingerprint density at radius 3 is 2.91 bits per heavy atom. The van der Waals surface area contributed by atoms with Crippen LogP contribution in [0.3, 0.4) is 0 Å². The Kier molecular flexibility index (Phi) is 6.76. The monoisotopic (exact) mass is 328 g/mol. The van der Waals surface area contributed by atoms with Gasteiger partial charge in [-0.3, -0.25) is 4.79 Å². The summed E-state index contributed by atoms with van der Waals surface area (Å²) in [4.78, 5) is 11.9. The fourth-order valence-corrected chi connectivity index (χ4v) is 2.39. The molecule has 0 unspecified atom stereocenters. The summed E-state index contributed by atoms with van der Waals surface area (Å²) in [6, 6.07) is 3.54. The SMILES string of the molecule is COCCNCCNC(=O)Cc1cc(Cl)c2c(c1)OCCO2. The maximum atomic E-state index is 11.9. The number of carbonyl (C=O) groups excluding carboxylic acids is 1. The zero-order valence-corrected chi connectivity index (χ0v) is 13.4. The first-order chi connectivity index (χ1) is 10.7. The van der Waals surface area contributed by atoms with Gasteiger partial charge in [-0.25, -0.2) is 0 Å². The first kappa shape index (κ1) is 16.9. The lowest BCUT2D eigenvalue weighted by Crippen LogP contribution is -2.33. The van der Waals surface area contributed by atoms with Crippen molar-refractivity contribution in [2.24, 2.45) is 0 Å². The maximum Gasteiger partial charge on any atom is 0.224 e. The lowest BCUT2D eigenvalue weighted by molar-refractivity contribution is -0.120. The molecule has 0 bridgehead atoms. The topological polar surface area (TPSA) is 68.8 Å². The number of carbonyl (C=O) groups is 1. The van der Waals surface area contributed by atoms with E-state index in [0.29, 0.717) is 49.4 Å². The number of hydrogen-bond donors (Lipinski definition) is 2. The number of halogens is 1. The molecule has 22 heavy (non-hydrogen) atoms. The average Bonchev–Trinajstić information content (AvgIpc) is 2.51. The summed E-state index contributed by atoms with van der Waals surface area (Å²) in [6.45, 7) is 3.68. The van der Waals surface area contributed by atoms with Gasteiger partial charge in [-0.2, -0.15) is 0 Å². The van der Waals surface area contributed by atoms with Crippen LogP contribution in [0, 0.1) is 0 Å². The van der Waals surface area contributed by atoms with Gasteiger partial charge in [-0.1, -0.05) is 11.6 Å². The van der Waals surface area contributed by atoms with Crippen LogP contribution < -0.4 is 20.1 Å². The molecule has 1 aromatic carbocycles. The van der Waals surface area contributed by atoms with E-state index in [1.54, 1.807) is 19.2 Å². The summed E-state index contributed by atoms with van der Waals surface area (Å²) in [6.07, 6.45) is 0.258. The predicted octanol–water partition coefficient (Wildman–Crippen LogP) is 1.01. The molecule has 1 aliphatic heterocycles. The molecular formula is C15H21ClN2O4. The summed E-state index contributed by atoms with van der Waals surface area (Å²) < 4.78 is 15.9. The lowest BCUT2D eigenvalue weighted by Gasteiger charge is -2.20. The van der Waals surface area contributed by atoms with Gasteiger partial charge in [-0.15, -0.1) is 0 Å². The van der Waals surface area contributed by atoms with Crippen molar-refractivity contribution in [3.8, 4) is 11.5 Å². The van der Waals surface area contributed by atoms with Gasteiger partial charge in [0.2, 0.25) is 5.91 Å². The van der Waals surface area contributed by atoms with Gasteiger partial charge >= 0.3 is 0 Å². The third-order valence-corrected chi connectivity index (χ3v) is 3.41. The molecule has 0 spiro atoms. The van der Waals surface area contributed by atoms with Crippen LogP contribution in [0.1, 0.15) is 5.56 Å². The molecule has 0 aromatic heterocycles. The van der Waals surface area contributed by atoms with E-state index in [1.807, 2.05) is 0 Å². The molecule has 0 saturated carbocycles. The smallest absolute Gasteiger partial charge is 0.224 e. The van der Waals surface area contributed by atoms with Crippen LogP contribution in [0.4, 0.5) is 0 Å². The van der Waals surface area contributed by atoms with Crippen molar-refractivity contribution in [3.63, 3.8) is 0 Å². The molecule has 1 aliphatic rings. The van der Waals surface area contributed by atoms with E-state index in [-0.39, 0.29) is 12.3 Å². The normalized spacial score (nSPS) is 13.0. The van der Waals surface area contributed by atoms with Crippen molar-refractivity contribution < 1.29 is 19.0 Å². The molecule has 7 heteroatoms. The molecule has 0 saturated heterocycles. The second kappa shape index (κ2) is 8.82. The van der Waals surface area contributed by atoms with Gasteiger partial charge in [0.05, 0.1) is 18.1 Å². The highest BCUT2D eigenvalue weighted by atomic mass is 35.5. The highest BCUT2D eigenvalue weighted by Gasteiger charge is 2.17. The van der Waals surface area contributed by atoms with E-state index in [0.717, 1.165) is 12.1 Å². The molecule has 0 fully saturated rings. The number of ether oxygens (including phenoxy) is 3. The number of benzene rings is 1. The van der Waals surface area contributed by atoms with E-state index in [2.05, 4.69) is 10.6 Å². The fourth-order valence-electron chi connectivity index (χ4n) is 2.10. The number of fused-ring (bicyclic) bond motifs is 1. The molecule has 0 atom stereocenters. The van der Waals surface area contributed by atoms with Crippen LogP contribution in [0.15, 0.2) is 12.1 Å². The molecule has 2 rings (SSSR count). The minimum atomic E-state index is -0.0544. The molecule has 1 amide bonds. The standard InChI is InChI=1S/C15H21ClN2O4/c1-20-5-4-17-2-3-18-14(19)10-11-8-12(16)15-13(9-11)21-6-7-22-15/h8-9,17H,2-7,10H2,1H3,(H,18,19). The quantitative estimate of drug-likeness (QED) is 0.697. The molecule has 122 valence electrons. The van der Waals surface area contributed by atoms with E-state index >= 15 is 0 Å². The van der Waals surface area contributed by atoms with Crippen LogP contribution in [0.2, 0.25) is 5.02 Å². The largest absolute Gasteiger partial charge is 0.486 e. The number of hydrogen-bond acceptors (Lipinski definition) is 5. The maximum absolute atomic E-state index is 11.9. The summed E-state index contributed by atoms with van der Waals surface area (Å²) >= 11 is 6.15. The number of nitrogens with one attached hydrogen (secondary N) is 2. The number of amides is 1. The van der Waals surface area contributed by atoms with Crippen LogP contribution in [-0.4, -0.2) is 52.5 Å². The second-order valence-corrected chi connectivity index (χ2v) is 5.28. The Morgan fingerprint density at radius 2 is 2.09 bits per heavy atom. The zero-order chi connectivity index (χ0) is 15.8. The molecule has 0 radical (unpaired) electrons. The predicted molar refractivity (Wildman–Crippen MR) is 83.9 cm³/mol. The summed E-state index contributed by atoms with van der Waals surface area (Å²) in [5, 5.41) is 6.48. The Labute approximate surface area is 135 Å². The van der Waals surface area contributed by atoms with E-state index in [4.69, 9.17) is 25.8 Å². The minimum absolute atomic E-state index is 0.0544. The molecule has 1 aromatic rings. The van der Waals surface area contributed by atoms with Crippen molar-refractivity contribution in [1.29, 1.82) is 0 Å². The van der Waals surface area contributed by atoms with Gasteiger partial charge in [0.25, 0.3) is 0 Å². The summed E-state index contributed by atoms with van der Waals surface area (Å²) in [5.41, 5.74) is 0.805. The second-order valence-electron chi connectivity index (χ2n) is 4.87. The van der Waals surface area contributed by atoms with Gasteiger partial charge in [0, 0.05) is 26.7 Å². The van der Waals surface area contributed by atoms with E-state index in [1.165, 1.54) is 0 Å². The molecule has 1 heterocycles. The van der Waals surface area contributed by atoms with E-state index in [9.17, 15) is 4.79 Å². The third kappa shape index (κ3) is 5.05. The van der Waals surface area contributed by atoms with Gasteiger partial charge in [0.1, 0.15) is 13.2 Å². The average molecular weight is 329 g/mol. The van der Waals surface area contributed by atoms with Crippen molar-refractivity contribution in [2.75, 3.05) is 46.6 Å². The number of rotatable bonds is 8. The van der Waals surface area contributed by atoms with Crippen LogP contribution in [0.5, 0.6) is 11.5 Å². The van der Waals surface area contributed by atoms with Crippen molar-refractivity contribution in [1.82, 2.24) is 10.6 Å². The van der Waals surface area contributed by atoms with Crippen LogP contribution in [0.25, 0.3) is 0 Å². The van der Waals surface area contributed by atoms with Gasteiger partial charge in [0.15, 0.2) is 11.5 Å². The first-order valence-corrected chi connectivity index (χ1v) is 7.63.